The van der Waals surface area contributed by atoms with Crippen LogP contribution in [0.15, 0.2) is 0 Å². The topological polar surface area (TPSA) is 17.1 Å². The van der Waals surface area contributed by atoms with Crippen LogP contribution in [0.4, 0.5) is 0 Å². The lowest BCUT2D eigenvalue weighted by Gasteiger charge is -2.24. The minimum absolute atomic E-state index is 0.393. The summed E-state index contributed by atoms with van der Waals surface area (Å²) in [6.45, 7) is 0. The maximum absolute atomic E-state index is 11.8. The minimum Gasteiger partial charge on any atom is -0.312 e. The van der Waals surface area contributed by atoms with Gasteiger partial charge < -0.3 is 4.57 Å². The number of hydrogen-bond donors (Lipinski definition) is 0. The van der Waals surface area contributed by atoms with Gasteiger partial charge in [-0.25, -0.2) is 0 Å². The van der Waals surface area contributed by atoms with Crippen LogP contribution in [-0.4, -0.2) is 18.6 Å². The summed E-state index contributed by atoms with van der Waals surface area (Å²) >= 11 is 1.55. The molecule has 0 N–H and O–H groups in total. The molecule has 0 spiro atoms. The summed E-state index contributed by atoms with van der Waals surface area (Å²) in [5.41, 5.74) is 0. The fourth-order valence-electron chi connectivity index (χ4n) is 1.31. The highest BCUT2D eigenvalue weighted by atomic mass is 32.7. The van der Waals surface area contributed by atoms with Gasteiger partial charge in [-0.2, -0.15) is 0 Å². The Labute approximate surface area is 72.4 Å². The highest BCUT2D eigenvalue weighted by Gasteiger charge is 2.27. The lowest BCUT2D eigenvalue weighted by molar-refractivity contribution is 0.547. The van der Waals surface area contributed by atoms with Crippen LogP contribution in [0.2, 0.25) is 0 Å². The second-order valence-corrected chi connectivity index (χ2v) is 8.87. The molecule has 0 atom stereocenters. The zero-order valence-corrected chi connectivity index (χ0v) is 8.46. The Kier molecular flexibility index (Phi) is 3.10. The van der Waals surface area contributed by atoms with E-state index in [0.29, 0.717) is 5.92 Å². The largest absolute Gasteiger partial charge is 0.312 e. The molecule has 1 fully saturated rings. The predicted molar refractivity (Wildman–Crippen MR) is 52.4 cm³/mol. The SMILES string of the molecule is C#CC1CCP(=O)(SC)CC1. The first-order chi connectivity index (χ1) is 5.20. The second kappa shape index (κ2) is 3.70. The Hall–Kier alpha value is 0.140. The molecule has 1 rings (SSSR count). The van der Waals surface area contributed by atoms with Crippen molar-refractivity contribution in [3.05, 3.63) is 0 Å². The van der Waals surface area contributed by atoms with E-state index in [4.69, 9.17) is 6.42 Å². The summed E-state index contributed by atoms with van der Waals surface area (Å²) in [6.07, 6.45) is 9.04. The predicted octanol–water partition coefficient (Wildman–Crippen LogP) is 2.67. The summed E-state index contributed by atoms with van der Waals surface area (Å²) in [5.74, 6) is 3.13. The van der Waals surface area contributed by atoms with Crippen molar-refractivity contribution in [3.63, 3.8) is 0 Å². The molecule has 0 amide bonds. The fraction of sp³-hybridized carbons (Fsp3) is 0.750. The summed E-state index contributed by atoms with van der Waals surface area (Å²) < 4.78 is 11.8. The molecule has 62 valence electrons. The van der Waals surface area contributed by atoms with E-state index in [1.165, 1.54) is 0 Å². The lowest BCUT2D eigenvalue weighted by atomic mass is 10.1. The fourth-order valence-corrected chi connectivity index (χ4v) is 5.04. The van der Waals surface area contributed by atoms with Crippen molar-refractivity contribution in [2.45, 2.75) is 12.8 Å². The average molecular weight is 188 g/mol. The molecule has 3 heteroatoms. The molecule has 0 aromatic rings. The molecule has 1 heterocycles. The maximum Gasteiger partial charge on any atom is 0.139 e. The second-order valence-electron chi connectivity index (χ2n) is 2.89. The van der Waals surface area contributed by atoms with Gasteiger partial charge in [0.25, 0.3) is 0 Å². The van der Waals surface area contributed by atoms with Crippen molar-refractivity contribution in [2.24, 2.45) is 5.92 Å². The van der Waals surface area contributed by atoms with Gasteiger partial charge in [-0.15, -0.1) is 12.3 Å². The molecule has 1 aliphatic heterocycles. The molecule has 0 bridgehead atoms. The van der Waals surface area contributed by atoms with Crippen molar-refractivity contribution in [1.29, 1.82) is 0 Å². The molecule has 11 heavy (non-hydrogen) atoms. The van der Waals surface area contributed by atoms with Gasteiger partial charge in [0.2, 0.25) is 0 Å². The number of rotatable bonds is 1. The first kappa shape index (κ1) is 9.23. The summed E-state index contributed by atoms with van der Waals surface area (Å²) in [7, 11) is 0. The van der Waals surface area contributed by atoms with Gasteiger partial charge in [-0.1, -0.05) is 11.4 Å². The molecule has 1 saturated heterocycles. The zero-order valence-electron chi connectivity index (χ0n) is 6.75. The standard InChI is InChI=1S/C8H13OPS/c1-3-8-4-6-10(9,11-2)7-5-8/h1,8H,4-7H2,2H3. The van der Waals surface area contributed by atoms with Crippen molar-refractivity contribution in [2.75, 3.05) is 18.6 Å². The maximum atomic E-state index is 11.8. The normalized spacial score (nSPS) is 38.0. The number of terminal acetylenes is 1. The monoisotopic (exact) mass is 188 g/mol. The van der Waals surface area contributed by atoms with E-state index in [1.54, 1.807) is 11.4 Å². The van der Waals surface area contributed by atoms with Crippen molar-refractivity contribution in [1.82, 2.24) is 0 Å². The van der Waals surface area contributed by atoms with Crippen LogP contribution >= 0.6 is 17.7 Å². The van der Waals surface area contributed by atoms with E-state index in [1.807, 2.05) is 6.26 Å². The average Bonchev–Trinajstić information content (AvgIpc) is 2.06. The van der Waals surface area contributed by atoms with Gasteiger partial charge in [0.1, 0.15) is 6.34 Å². The van der Waals surface area contributed by atoms with Gasteiger partial charge in [-0.3, -0.25) is 0 Å². The van der Waals surface area contributed by atoms with Crippen molar-refractivity contribution in [3.8, 4) is 12.3 Å². The van der Waals surface area contributed by atoms with E-state index >= 15 is 0 Å². The van der Waals surface area contributed by atoms with Crippen LogP contribution in [0, 0.1) is 18.3 Å². The van der Waals surface area contributed by atoms with Gasteiger partial charge in [0, 0.05) is 18.2 Å². The summed E-state index contributed by atoms with van der Waals surface area (Å²) in [5, 5.41) is 0. The molecule has 0 aliphatic carbocycles. The molecule has 1 aliphatic rings. The number of hydrogen-bond acceptors (Lipinski definition) is 2. The molecular weight excluding hydrogens is 175 g/mol. The Balaban J connectivity index is 2.49. The van der Waals surface area contributed by atoms with E-state index < -0.39 is 6.34 Å². The van der Waals surface area contributed by atoms with Crippen LogP contribution in [0.5, 0.6) is 0 Å². The van der Waals surface area contributed by atoms with E-state index in [9.17, 15) is 4.57 Å². The molecule has 1 nitrogen and oxygen atoms in total. The minimum atomic E-state index is -1.82. The highest BCUT2D eigenvalue weighted by molar-refractivity contribution is 8.57. The zero-order chi connectivity index (χ0) is 8.32. The van der Waals surface area contributed by atoms with E-state index in [2.05, 4.69) is 5.92 Å². The Bertz CT molecular complexity index is 207. The Morgan fingerprint density at radius 3 is 2.45 bits per heavy atom. The van der Waals surface area contributed by atoms with Gasteiger partial charge >= 0.3 is 0 Å². The van der Waals surface area contributed by atoms with Crippen molar-refractivity contribution >= 4 is 17.7 Å². The van der Waals surface area contributed by atoms with Crippen LogP contribution in [0.1, 0.15) is 12.8 Å². The molecule has 0 unspecified atom stereocenters. The van der Waals surface area contributed by atoms with Crippen molar-refractivity contribution < 1.29 is 4.57 Å². The molecular formula is C8H13OPS. The van der Waals surface area contributed by atoms with E-state index in [-0.39, 0.29) is 0 Å². The third-order valence-electron chi connectivity index (χ3n) is 2.20. The van der Waals surface area contributed by atoms with Gasteiger partial charge in [0.05, 0.1) is 0 Å². The first-order valence-electron chi connectivity index (χ1n) is 3.80. The highest BCUT2D eigenvalue weighted by Crippen LogP contribution is 2.60. The van der Waals surface area contributed by atoms with Crippen LogP contribution in [0.25, 0.3) is 0 Å². The molecule has 0 saturated carbocycles. The lowest BCUT2D eigenvalue weighted by Crippen LogP contribution is -2.10. The third kappa shape index (κ3) is 2.29. The Morgan fingerprint density at radius 2 is 2.09 bits per heavy atom. The first-order valence-corrected chi connectivity index (χ1v) is 7.71. The molecule has 0 radical (unpaired) electrons. The summed E-state index contributed by atoms with van der Waals surface area (Å²) in [4.78, 5) is 0. The summed E-state index contributed by atoms with van der Waals surface area (Å²) in [6, 6.07) is 0. The molecule has 0 aromatic heterocycles. The van der Waals surface area contributed by atoms with E-state index in [0.717, 1.165) is 25.2 Å². The smallest absolute Gasteiger partial charge is 0.139 e. The van der Waals surface area contributed by atoms with Gasteiger partial charge in [-0.05, 0) is 19.1 Å². The third-order valence-corrected chi connectivity index (χ3v) is 7.84. The van der Waals surface area contributed by atoms with Crippen LogP contribution in [0.3, 0.4) is 0 Å². The Morgan fingerprint density at radius 1 is 1.55 bits per heavy atom. The quantitative estimate of drug-likeness (QED) is 0.465. The van der Waals surface area contributed by atoms with Crippen LogP contribution < -0.4 is 0 Å². The molecule has 0 aromatic carbocycles. The van der Waals surface area contributed by atoms with Gasteiger partial charge in [0.15, 0.2) is 0 Å². The van der Waals surface area contributed by atoms with Crippen LogP contribution in [-0.2, 0) is 4.57 Å².